The van der Waals surface area contributed by atoms with Gasteiger partial charge in [0, 0.05) is 12.8 Å². The molecular formula is C88H168NO8+. The molecule has 0 spiro atoms. The Kier molecular flexibility index (Phi) is 77.2. The smallest absolute Gasteiger partial charge is 0.361 e. The third-order valence-corrected chi connectivity index (χ3v) is 19.9. The molecule has 2 atom stereocenters. The Morgan fingerprint density at radius 3 is 0.825 bits per heavy atom. The van der Waals surface area contributed by atoms with Crippen LogP contribution in [0.5, 0.6) is 0 Å². The number of carboxylic acids is 1. The van der Waals surface area contributed by atoms with Crippen molar-refractivity contribution in [3.05, 3.63) is 36.5 Å². The van der Waals surface area contributed by atoms with E-state index >= 15 is 0 Å². The van der Waals surface area contributed by atoms with Crippen molar-refractivity contribution < 1.29 is 42.9 Å². The van der Waals surface area contributed by atoms with Gasteiger partial charge in [0.2, 0.25) is 0 Å². The van der Waals surface area contributed by atoms with E-state index in [9.17, 15) is 19.5 Å². The molecule has 0 amide bonds. The van der Waals surface area contributed by atoms with Crippen molar-refractivity contribution in [1.82, 2.24) is 0 Å². The van der Waals surface area contributed by atoms with E-state index in [1.807, 2.05) is 21.1 Å². The summed E-state index contributed by atoms with van der Waals surface area (Å²) in [4.78, 5) is 37.8. The number of esters is 2. The highest BCUT2D eigenvalue weighted by Crippen LogP contribution is 2.21. The third kappa shape index (κ3) is 80.7. The molecule has 0 aromatic heterocycles. The summed E-state index contributed by atoms with van der Waals surface area (Å²) >= 11 is 0. The van der Waals surface area contributed by atoms with Gasteiger partial charge in [-0.1, -0.05) is 403 Å². The molecule has 2 unspecified atom stereocenters. The Morgan fingerprint density at radius 2 is 0.557 bits per heavy atom. The minimum atomic E-state index is -1.51. The maximum atomic E-state index is 13.0. The largest absolute Gasteiger partial charge is 0.477 e. The Labute approximate surface area is 604 Å². The van der Waals surface area contributed by atoms with Gasteiger partial charge in [0.05, 0.1) is 34.4 Å². The standard InChI is InChI=1S/C88H167NO8/c1-6-8-10-12-14-16-18-20-22-24-26-28-30-32-34-36-38-39-40-41-42-43-44-45-46-47-49-51-53-55-57-59-61-63-65-67-69-71-73-75-77-79-86(91)97-84(83-96-88(87(92)93)94-81-80-89(3,4)5)82-95-85(90)78-76-74-72-70-68-66-64-62-60-58-56-54-52-50-48-37-35-33-31-29-27-25-23-21-19-17-15-13-11-9-7-2/h18,20,24-27,84,88H,6-17,19,21-23,28-83H2,1-5H3/p+1/b20-18-,26-24-,27-25-. The van der Waals surface area contributed by atoms with Gasteiger partial charge in [0.25, 0.3) is 6.29 Å². The molecule has 0 fully saturated rings. The highest BCUT2D eigenvalue weighted by atomic mass is 16.7. The number of aliphatic carboxylic acids is 1. The van der Waals surface area contributed by atoms with E-state index in [0.29, 0.717) is 17.4 Å². The molecule has 0 aliphatic carbocycles. The highest BCUT2D eigenvalue weighted by Gasteiger charge is 2.25. The molecule has 0 aliphatic rings. The number of allylic oxidation sites excluding steroid dienone is 6. The molecule has 0 aliphatic heterocycles. The van der Waals surface area contributed by atoms with Crippen LogP contribution in [-0.4, -0.2) is 87.4 Å². The molecule has 9 nitrogen and oxygen atoms in total. The molecule has 1 N–H and O–H groups in total. The lowest BCUT2D eigenvalue weighted by atomic mass is 10.0. The average molecular weight is 1370 g/mol. The van der Waals surface area contributed by atoms with Crippen molar-refractivity contribution in [3.8, 4) is 0 Å². The summed E-state index contributed by atoms with van der Waals surface area (Å²) in [5, 5.41) is 9.78. The first-order chi connectivity index (χ1) is 47.6. The van der Waals surface area contributed by atoms with Gasteiger partial charge >= 0.3 is 17.9 Å². The van der Waals surface area contributed by atoms with Crippen molar-refractivity contribution in [3.63, 3.8) is 0 Å². The fourth-order valence-electron chi connectivity index (χ4n) is 13.3. The number of carbonyl (C=O) groups excluding carboxylic acids is 2. The number of quaternary nitrogens is 1. The van der Waals surface area contributed by atoms with Crippen LogP contribution in [0.25, 0.3) is 0 Å². The monoisotopic (exact) mass is 1370 g/mol. The van der Waals surface area contributed by atoms with Crippen LogP contribution in [0.15, 0.2) is 36.5 Å². The first-order valence-corrected chi connectivity index (χ1v) is 43.2. The Morgan fingerprint density at radius 1 is 0.309 bits per heavy atom. The number of carboxylic acid groups (broad SMARTS) is 1. The van der Waals surface area contributed by atoms with E-state index in [1.54, 1.807) is 0 Å². The lowest BCUT2D eigenvalue weighted by Crippen LogP contribution is -2.40. The average Bonchev–Trinajstić information content (AvgIpc) is 3.27. The Hall–Kier alpha value is -2.49. The van der Waals surface area contributed by atoms with Crippen LogP contribution in [0.4, 0.5) is 0 Å². The second kappa shape index (κ2) is 79.2. The summed E-state index contributed by atoms with van der Waals surface area (Å²) < 4.78 is 23.1. The summed E-state index contributed by atoms with van der Waals surface area (Å²) in [6.07, 6.45) is 101. The SMILES string of the molecule is CCCCCCC/C=C\C/C=C\CCCCCCCCCCCCCCCCCCCCCCCCCCCCCCCC(=O)OC(COC(=O)CCCCCCCCCCCCCCCCCCCCC/C=C\CCCCCCCCCC)COC(OCC[N+](C)(C)C)C(=O)O. The molecule has 0 heterocycles. The van der Waals surface area contributed by atoms with Gasteiger partial charge in [0.15, 0.2) is 6.10 Å². The maximum absolute atomic E-state index is 13.0. The summed E-state index contributed by atoms with van der Waals surface area (Å²) in [5.41, 5.74) is 0. The number of rotatable bonds is 82. The molecule has 0 saturated heterocycles. The van der Waals surface area contributed by atoms with E-state index in [1.165, 1.54) is 379 Å². The van der Waals surface area contributed by atoms with Gasteiger partial charge in [-0.3, -0.25) is 9.59 Å². The van der Waals surface area contributed by atoms with Crippen molar-refractivity contribution >= 4 is 17.9 Å². The van der Waals surface area contributed by atoms with Gasteiger partial charge < -0.3 is 28.5 Å². The zero-order chi connectivity index (χ0) is 70.4. The van der Waals surface area contributed by atoms with Crippen molar-refractivity contribution in [2.75, 3.05) is 47.5 Å². The predicted octanol–water partition coefficient (Wildman–Crippen LogP) is 27.8. The van der Waals surface area contributed by atoms with Gasteiger partial charge in [-0.15, -0.1) is 0 Å². The van der Waals surface area contributed by atoms with Gasteiger partial charge in [-0.05, 0) is 70.6 Å². The van der Waals surface area contributed by atoms with Gasteiger partial charge in [-0.2, -0.15) is 0 Å². The zero-order valence-corrected chi connectivity index (χ0v) is 65.8. The number of unbranched alkanes of at least 4 members (excludes halogenated alkanes) is 61. The number of likely N-dealkylation sites (N-methyl/N-ethyl adjacent to an activating group) is 1. The zero-order valence-electron chi connectivity index (χ0n) is 65.8. The lowest BCUT2D eigenvalue weighted by molar-refractivity contribution is -0.870. The number of carbonyl (C=O) groups is 3. The predicted molar refractivity (Wildman–Crippen MR) is 420 cm³/mol. The first kappa shape index (κ1) is 94.5. The number of nitrogens with zero attached hydrogens (tertiary/aromatic N) is 1. The van der Waals surface area contributed by atoms with Crippen LogP contribution in [0.1, 0.15) is 450 Å². The Bertz CT molecular complexity index is 1690. The minimum absolute atomic E-state index is 0.174. The fourth-order valence-corrected chi connectivity index (χ4v) is 13.3. The summed E-state index contributed by atoms with van der Waals surface area (Å²) in [7, 11) is 6.00. The number of hydrogen-bond acceptors (Lipinski definition) is 7. The maximum Gasteiger partial charge on any atom is 0.361 e. The normalized spacial score (nSPS) is 12.7. The van der Waals surface area contributed by atoms with Crippen molar-refractivity contribution in [2.24, 2.45) is 0 Å². The minimum Gasteiger partial charge on any atom is -0.477 e. The summed E-state index contributed by atoms with van der Waals surface area (Å²) in [6.45, 7) is 4.95. The number of hydrogen-bond donors (Lipinski definition) is 1. The number of ether oxygens (including phenoxy) is 4. The molecule has 0 radical (unpaired) electrons. The van der Waals surface area contributed by atoms with E-state index in [-0.39, 0.29) is 38.2 Å². The molecule has 0 aromatic carbocycles. The Balaban J connectivity index is 3.91. The van der Waals surface area contributed by atoms with Crippen LogP contribution in [-0.2, 0) is 33.3 Å². The van der Waals surface area contributed by atoms with Crippen molar-refractivity contribution in [2.45, 2.75) is 463 Å². The second-order valence-corrected chi connectivity index (χ2v) is 30.8. The first-order valence-electron chi connectivity index (χ1n) is 43.2. The van der Waals surface area contributed by atoms with Crippen LogP contribution in [0, 0.1) is 0 Å². The second-order valence-electron chi connectivity index (χ2n) is 30.8. The molecule has 0 bridgehead atoms. The molecule has 0 saturated carbocycles. The third-order valence-electron chi connectivity index (χ3n) is 19.9. The van der Waals surface area contributed by atoms with Gasteiger partial charge in [0.1, 0.15) is 13.2 Å². The lowest BCUT2D eigenvalue weighted by Gasteiger charge is -2.25. The molecule has 9 heteroatoms. The molecular weight excluding hydrogens is 1200 g/mol. The van der Waals surface area contributed by atoms with Crippen LogP contribution >= 0.6 is 0 Å². The van der Waals surface area contributed by atoms with Crippen molar-refractivity contribution in [1.29, 1.82) is 0 Å². The topological polar surface area (TPSA) is 108 Å². The fraction of sp³-hybridized carbons (Fsp3) is 0.898. The van der Waals surface area contributed by atoms with E-state index in [4.69, 9.17) is 18.9 Å². The molecule has 0 rings (SSSR count). The van der Waals surface area contributed by atoms with E-state index < -0.39 is 18.4 Å². The molecule has 0 aromatic rings. The molecule has 97 heavy (non-hydrogen) atoms. The van der Waals surface area contributed by atoms with Gasteiger partial charge in [-0.25, -0.2) is 4.79 Å². The van der Waals surface area contributed by atoms with Crippen LogP contribution in [0.2, 0.25) is 0 Å². The van der Waals surface area contributed by atoms with E-state index in [0.717, 1.165) is 44.9 Å². The molecule has 572 valence electrons. The highest BCUT2D eigenvalue weighted by molar-refractivity contribution is 5.71. The summed E-state index contributed by atoms with van der Waals surface area (Å²) in [5.74, 6) is -1.97. The summed E-state index contributed by atoms with van der Waals surface area (Å²) in [6, 6.07) is 0. The van der Waals surface area contributed by atoms with E-state index in [2.05, 4.69) is 50.3 Å². The quantitative estimate of drug-likeness (QED) is 0.0211. The van der Waals surface area contributed by atoms with Crippen LogP contribution < -0.4 is 0 Å². The van der Waals surface area contributed by atoms with Crippen LogP contribution in [0.3, 0.4) is 0 Å².